The van der Waals surface area contributed by atoms with Crippen LogP contribution >= 0.6 is 0 Å². The van der Waals surface area contributed by atoms with Crippen LogP contribution in [0.5, 0.6) is 0 Å². The summed E-state index contributed by atoms with van der Waals surface area (Å²) in [5.74, 6) is -1.25. The summed E-state index contributed by atoms with van der Waals surface area (Å²) in [7, 11) is -3.03. The highest BCUT2D eigenvalue weighted by molar-refractivity contribution is 7.90. The number of hydrogen-bond acceptors (Lipinski definition) is 6. The summed E-state index contributed by atoms with van der Waals surface area (Å²) in [5.41, 5.74) is 1.38. The maximum absolute atomic E-state index is 14.0. The van der Waals surface area contributed by atoms with E-state index in [0.717, 1.165) is 12.3 Å². The van der Waals surface area contributed by atoms with Crippen LogP contribution in [0, 0.1) is 5.82 Å². The summed E-state index contributed by atoms with van der Waals surface area (Å²) in [4.78, 5) is 24.2. The van der Waals surface area contributed by atoms with Gasteiger partial charge in [-0.15, -0.1) is 5.10 Å². The fourth-order valence-electron chi connectivity index (χ4n) is 2.77. The van der Waals surface area contributed by atoms with Gasteiger partial charge in [0, 0.05) is 12.7 Å². The number of rotatable bonds is 6. The molecule has 0 spiro atoms. The molecule has 1 heterocycles. The standard InChI is InChI=1S/C19H24FN5O4S/c1-10(2)14-7-13(20)8-15(11(3)4)17(14)23-19(27)25-30(28,29)16-6-12(9-22-24-16)18(26)21-5/h6-11H,1-5H3,(H,21,26)(H2,23,25,27). The minimum Gasteiger partial charge on any atom is -0.355 e. The minimum absolute atomic E-state index is 0.0315. The normalized spacial score (nSPS) is 11.5. The van der Waals surface area contributed by atoms with Crippen molar-refractivity contribution >= 4 is 27.6 Å². The summed E-state index contributed by atoms with van der Waals surface area (Å²) in [6.45, 7) is 7.33. The van der Waals surface area contributed by atoms with Gasteiger partial charge in [0.05, 0.1) is 11.8 Å². The van der Waals surface area contributed by atoms with Gasteiger partial charge in [0.25, 0.3) is 15.9 Å². The molecule has 0 saturated carbocycles. The Bertz CT molecular complexity index is 1040. The van der Waals surface area contributed by atoms with Crippen LogP contribution in [0.2, 0.25) is 0 Å². The summed E-state index contributed by atoms with van der Waals surface area (Å²) in [6.07, 6.45) is 1.10. The molecule has 1 aromatic carbocycles. The fourth-order valence-corrected chi connectivity index (χ4v) is 3.60. The van der Waals surface area contributed by atoms with Crippen LogP contribution in [0.25, 0.3) is 0 Å². The molecule has 0 aliphatic carbocycles. The van der Waals surface area contributed by atoms with Crippen LogP contribution in [-0.2, 0) is 10.0 Å². The van der Waals surface area contributed by atoms with Crippen LogP contribution < -0.4 is 15.4 Å². The van der Waals surface area contributed by atoms with Gasteiger partial charge >= 0.3 is 6.03 Å². The molecule has 9 nitrogen and oxygen atoms in total. The first-order chi connectivity index (χ1) is 14.0. The second-order valence-corrected chi connectivity index (χ2v) is 8.82. The van der Waals surface area contributed by atoms with Gasteiger partial charge < -0.3 is 10.6 Å². The van der Waals surface area contributed by atoms with Crippen molar-refractivity contribution in [3.05, 3.63) is 46.9 Å². The topological polar surface area (TPSA) is 130 Å². The van der Waals surface area contributed by atoms with E-state index in [2.05, 4.69) is 20.8 Å². The first-order valence-corrected chi connectivity index (χ1v) is 10.7. The molecule has 0 aliphatic rings. The number of hydrogen-bond donors (Lipinski definition) is 3. The highest BCUT2D eigenvalue weighted by Gasteiger charge is 2.24. The van der Waals surface area contributed by atoms with Gasteiger partial charge in [-0.1, -0.05) is 27.7 Å². The van der Waals surface area contributed by atoms with Crippen molar-refractivity contribution < 1.29 is 22.4 Å². The molecule has 30 heavy (non-hydrogen) atoms. The number of carbonyl (C=O) groups is 2. The molecular weight excluding hydrogens is 413 g/mol. The Balaban J connectivity index is 2.35. The highest BCUT2D eigenvalue weighted by Crippen LogP contribution is 2.33. The third-order valence-electron chi connectivity index (χ3n) is 4.27. The first kappa shape index (κ1) is 23.2. The molecule has 0 radical (unpaired) electrons. The predicted molar refractivity (Wildman–Crippen MR) is 109 cm³/mol. The van der Waals surface area contributed by atoms with Gasteiger partial charge in [-0.05, 0) is 41.2 Å². The van der Waals surface area contributed by atoms with E-state index < -0.39 is 32.8 Å². The molecule has 0 aliphatic heterocycles. The Morgan fingerprint density at radius 3 is 2.10 bits per heavy atom. The number of carbonyl (C=O) groups excluding carboxylic acids is 2. The van der Waals surface area contributed by atoms with Crippen LogP contribution in [0.4, 0.5) is 14.9 Å². The molecule has 2 aromatic rings. The highest BCUT2D eigenvalue weighted by atomic mass is 32.2. The monoisotopic (exact) mass is 437 g/mol. The summed E-state index contributed by atoms with van der Waals surface area (Å²) in [6, 6.07) is 2.56. The third kappa shape index (κ3) is 5.29. The van der Waals surface area contributed by atoms with E-state index in [9.17, 15) is 22.4 Å². The maximum Gasteiger partial charge on any atom is 0.333 e. The lowest BCUT2D eigenvalue weighted by molar-refractivity contribution is 0.0962. The lowest BCUT2D eigenvalue weighted by Gasteiger charge is -2.20. The Hall–Kier alpha value is -3.08. The zero-order valence-electron chi connectivity index (χ0n) is 17.3. The molecule has 0 saturated heterocycles. The number of aromatic nitrogens is 2. The zero-order valence-corrected chi connectivity index (χ0v) is 18.1. The molecular formula is C19H24FN5O4S. The van der Waals surface area contributed by atoms with Crippen molar-refractivity contribution in [3.63, 3.8) is 0 Å². The molecule has 11 heteroatoms. The molecule has 0 fully saturated rings. The van der Waals surface area contributed by atoms with Crippen molar-refractivity contribution in [2.75, 3.05) is 12.4 Å². The molecule has 3 amide bonds. The van der Waals surface area contributed by atoms with Crippen molar-refractivity contribution in [1.29, 1.82) is 0 Å². The number of halogens is 1. The molecule has 3 N–H and O–H groups in total. The number of amides is 3. The molecule has 2 rings (SSSR count). The van der Waals surface area contributed by atoms with E-state index in [-0.39, 0.29) is 17.4 Å². The largest absolute Gasteiger partial charge is 0.355 e. The number of benzene rings is 1. The average Bonchev–Trinajstić information content (AvgIpc) is 2.67. The first-order valence-electron chi connectivity index (χ1n) is 9.18. The Morgan fingerprint density at radius 1 is 1.03 bits per heavy atom. The van der Waals surface area contributed by atoms with Crippen LogP contribution in [0.3, 0.4) is 0 Å². The lowest BCUT2D eigenvalue weighted by atomic mass is 9.92. The van der Waals surface area contributed by atoms with Crippen molar-refractivity contribution in [3.8, 4) is 0 Å². The Labute approximate surface area is 174 Å². The molecule has 1 aromatic heterocycles. The molecule has 0 bridgehead atoms. The van der Waals surface area contributed by atoms with Crippen LogP contribution in [-0.4, -0.2) is 37.6 Å². The smallest absolute Gasteiger partial charge is 0.333 e. The van der Waals surface area contributed by atoms with Crippen molar-refractivity contribution in [2.45, 2.75) is 44.6 Å². The second-order valence-electron chi connectivity index (χ2n) is 7.19. The number of urea groups is 1. The van der Waals surface area contributed by atoms with E-state index in [1.165, 1.54) is 19.2 Å². The van der Waals surface area contributed by atoms with Crippen LogP contribution in [0.1, 0.15) is 61.0 Å². The van der Waals surface area contributed by atoms with Crippen molar-refractivity contribution in [2.24, 2.45) is 0 Å². The third-order valence-corrected chi connectivity index (χ3v) is 5.47. The molecule has 0 atom stereocenters. The maximum atomic E-state index is 14.0. The SMILES string of the molecule is CNC(=O)c1cnnc(S(=O)(=O)NC(=O)Nc2c(C(C)C)cc(F)cc2C(C)C)c1. The van der Waals surface area contributed by atoms with E-state index in [4.69, 9.17) is 0 Å². The van der Waals surface area contributed by atoms with E-state index in [0.29, 0.717) is 16.8 Å². The van der Waals surface area contributed by atoms with Gasteiger partial charge in [-0.2, -0.15) is 13.5 Å². The minimum atomic E-state index is -4.41. The number of nitrogens with zero attached hydrogens (tertiary/aromatic N) is 2. The fraction of sp³-hybridized carbons (Fsp3) is 0.368. The van der Waals surface area contributed by atoms with Crippen LogP contribution in [0.15, 0.2) is 29.4 Å². The van der Waals surface area contributed by atoms with E-state index in [1.54, 1.807) is 0 Å². The number of sulfonamides is 1. The van der Waals surface area contributed by atoms with Gasteiger partial charge in [0.1, 0.15) is 5.82 Å². The Kier molecular flexibility index (Phi) is 7.08. The summed E-state index contributed by atoms with van der Waals surface area (Å²) in [5, 5.41) is 11.2. The summed E-state index contributed by atoms with van der Waals surface area (Å²) < 4.78 is 40.9. The summed E-state index contributed by atoms with van der Waals surface area (Å²) >= 11 is 0. The van der Waals surface area contributed by atoms with Gasteiger partial charge in [-0.25, -0.2) is 13.9 Å². The van der Waals surface area contributed by atoms with Gasteiger partial charge in [-0.3, -0.25) is 4.79 Å². The number of nitrogens with one attached hydrogen (secondary N) is 3. The van der Waals surface area contributed by atoms with Gasteiger partial charge in [0.2, 0.25) is 0 Å². The van der Waals surface area contributed by atoms with Gasteiger partial charge in [0.15, 0.2) is 5.03 Å². The van der Waals surface area contributed by atoms with E-state index >= 15 is 0 Å². The zero-order chi connectivity index (χ0) is 22.6. The van der Waals surface area contributed by atoms with E-state index in [1.807, 2.05) is 32.4 Å². The molecule has 162 valence electrons. The predicted octanol–water partition coefficient (Wildman–Crippen LogP) is 2.73. The lowest BCUT2D eigenvalue weighted by Crippen LogP contribution is -2.35. The quantitative estimate of drug-likeness (QED) is 0.637. The number of anilines is 1. The van der Waals surface area contributed by atoms with Crippen molar-refractivity contribution in [1.82, 2.24) is 20.2 Å². The second kappa shape index (κ2) is 9.16. The average molecular weight is 437 g/mol. The Morgan fingerprint density at radius 2 is 1.60 bits per heavy atom. The molecule has 0 unspecified atom stereocenters.